The van der Waals surface area contributed by atoms with Crippen LogP contribution >= 0.6 is 11.6 Å². The predicted octanol–water partition coefficient (Wildman–Crippen LogP) is 10.0. The number of aryl methyl sites for hydroxylation is 2. The summed E-state index contributed by atoms with van der Waals surface area (Å²) in [5.74, 6) is 1.66. The quantitative estimate of drug-likeness (QED) is 0.265. The fourth-order valence-electron chi connectivity index (χ4n) is 5.37. The normalized spacial score (nSPS) is 18.4. The van der Waals surface area contributed by atoms with Crippen molar-refractivity contribution in [3.63, 3.8) is 0 Å². The van der Waals surface area contributed by atoms with Crippen molar-refractivity contribution in [3.05, 3.63) is 94.5 Å². The summed E-state index contributed by atoms with van der Waals surface area (Å²) in [6.45, 7) is 2.28. The Labute approximate surface area is 206 Å². The molecule has 0 atom stereocenters. The molecule has 3 aromatic rings. The number of rotatable bonds is 10. The van der Waals surface area contributed by atoms with Crippen molar-refractivity contribution in [2.45, 2.75) is 83.5 Å². The van der Waals surface area contributed by atoms with Gasteiger partial charge in [-0.1, -0.05) is 98.5 Å². The van der Waals surface area contributed by atoms with Crippen LogP contribution in [0.3, 0.4) is 0 Å². The van der Waals surface area contributed by atoms with Gasteiger partial charge in [-0.05, 0) is 103 Å². The van der Waals surface area contributed by atoms with Crippen LogP contribution in [0.25, 0.3) is 11.1 Å². The van der Waals surface area contributed by atoms with Crippen LogP contribution in [0, 0.1) is 5.92 Å². The van der Waals surface area contributed by atoms with E-state index in [1.165, 1.54) is 92.9 Å². The van der Waals surface area contributed by atoms with E-state index in [4.69, 9.17) is 11.6 Å². The average molecular weight is 459 g/mol. The van der Waals surface area contributed by atoms with Gasteiger partial charge in [-0.15, -0.1) is 0 Å². The van der Waals surface area contributed by atoms with Crippen LogP contribution in [0.2, 0.25) is 5.02 Å². The molecule has 0 radical (unpaired) electrons. The van der Waals surface area contributed by atoms with Gasteiger partial charge in [0.25, 0.3) is 0 Å². The molecule has 1 aliphatic carbocycles. The van der Waals surface area contributed by atoms with E-state index in [-0.39, 0.29) is 0 Å². The van der Waals surface area contributed by atoms with Gasteiger partial charge >= 0.3 is 0 Å². The molecule has 33 heavy (non-hydrogen) atoms. The zero-order valence-electron chi connectivity index (χ0n) is 20.2. The van der Waals surface area contributed by atoms with E-state index in [2.05, 4.69) is 67.6 Å². The number of hydrogen-bond donors (Lipinski definition) is 0. The van der Waals surface area contributed by atoms with E-state index in [1.54, 1.807) is 5.56 Å². The SMILES string of the molecule is CCCCCCc1ccc(C2CCC(CCc3ccc(-c4ccc(Cl)cc4)cc3)CC2)cc1. The molecule has 0 aliphatic heterocycles. The van der Waals surface area contributed by atoms with E-state index in [9.17, 15) is 0 Å². The summed E-state index contributed by atoms with van der Waals surface area (Å²) >= 11 is 6.01. The van der Waals surface area contributed by atoms with E-state index in [0.717, 1.165) is 16.9 Å². The van der Waals surface area contributed by atoms with Gasteiger partial charge in [-0.2, -0.15) is 0 Å². The van der Waals surface area contributed by atoms with Crippen molar-refractivity contribution in [2.24, 2.45) is 5.92 Å². The summed E-state index contributed by atoms with van der Waals surface area (Å²) in [5.41, 5.74) is 7.05. The fraction of sp³-hybridized carbons (Fsp3) is 0.438. The molecule has 0 unspecified atom stereocenters. The summed E-state index contributed by atoms with van der Waals surface area (Å²) in [7, 11) is 0. The summed E-state index contributed by atoms with van der Waals surface area (Å²) in [6, 6.07) is 26.8. The Kier molecular flexibility index (Phi) is 9.07. The molecule has 0 nitrogen and oxygen atoms in total. The maximum Gasteiger partial charge on any atom is 0.0406 e. The third-order valence-electron chi connectivity index (χ3n) is 7.59. The second kappa shape index (κ2) is 12.4. The third kappa shape index (κ3) is 7.21. The zero-order valence-corrected chi connectivity index (χ0v) is 21.0. The van der Waals surface area contributed by atoms with E-state index in [0.29, 0.717) is 0 Å². The monoisotopic (exact) mass is 458 g/mol. The van der Waals surface area contributed by atoms with Crippen LogP contribution in [-0.4, -0.2) is 0 Å². The van der Waals surface area contributed by atoms with Crippen LogP contribution in [0.4, 0.5) is 0 Å². The Morgan fingerprint density at radius 3 is 1.85 bits per heavy atom. The largest absolute Gasteiger partial charge is 0.0843 e. The van der Waals surface area contributed by atoms with Crippen LogP contribution < -0.4 is 0 Å². The minimum Gasteiger partial charge on any atom is -0.0843 e. The van der Waals surface area contributed by atoms with Crippen LogP contribution in [0.5, 0.6) is 0 Å². The van der Waals surface area contributed by atoms with Crippen molar-refractivity contribution >= 4 is 11.6 Å². The van der Waals surface area contributed by atoms with Crippen molar-refractivity contribution in [2.75, 3.05) is 0 Å². The Balaban J connectivity index is 1.20. The van der Waals surface area contributed by atoms with Gasteiger partial charge in [-0.25, -0.2) is 0 Å². The Morgan fingerprint density at radius 2 is 1.21 bits per heavy atom. The minimum absolute atomic E-state index is 0.772. The third-order valence-corrected chi connectivity index (χ3v) is 7.84. The highest BCUT2D eigenvalue weighted by Gasteiger charge is 2.22. The first kappa shape index (κ1) is 24.1. The van der Waals surface area contributed by atoms with Gasteiger partial charge in [0.15, 0.2) is 0 Å². The summed E-state index contributed by atoms with van der Waals surface area (Å²) < 4.78 is 0. The molecule has 174 valence electrons. The van der Waals surface area contributed by atoms with Gasteiger partial charge in [-0.3, -0.25) is 0 Å². The Hall–Kier alpha value is -2.05. The van der Waals surface area contributed by atoms with Gasteiger partial charge in [0.2, 0.25) is 0 Å². The first-order valence-corrected chi connectivity index (χ1v) is 13.5. The lowest BCUT2D eigenvalue weighted by atomic mass is 9.76. The Morgan fingerprint density at radius 1 is 0.636 bits per heavy atom. The molecule has 0 bridgehead atoms. The standard InChI is InChI=1S/C32H39Cl/c1-2-3-4-5-6-25-9-15-28(16-10-25)29-17-11-26(12-18-29)7-8-27-13-19-30(20-14-27)31-21-23-32(33)24-22-31/h9-10,13-16,19-24,26,29H,2-8,11-12,17-18H2,1H3. The van der Waals surface area contributed by atoms with Crippen molar-refractivity contribution < 1.29 is 0 Å². The molecule has 1 fully saturated rings. The summed E-state index contributed by atoms with van der Waals surface area (Å²) in [4.78, 5) is 0. The number of benzene rings is 3. The smallest absolute Gasteiger partial charge is 0.0406 e. The molecule has 3 aromatic carbocycles. The highest BCUT2D eigenvalue weighted by molar-refractivity contribution is 6.30. The molecule has 1 aliphatic rings. The molecule has 0 N–H and O–H groups in total. The lowest BCUT2D eigenvalue weighted by molar-refractivity contribution is 0.310. The molecule has 1 heteroatoms. The summed E-state index contributed by atoms with van der Waals surface area (Å²) in [5, 5.41) is 0.792. The van der Waals surface area contributed by atoms with E-state index in [1.807, 2.05) is 12.1 Å². The van der Waals surface area contributed by atoms with Crippen molar-refractivity contribution in [1.29, 1.82) is 0 Å². The van der Waals surface area contributed by atoms with Gasteiger partial charge in [0.1, 0.15) is 0 Å². The second-order valence-electron chi connectivity index (χ2n) is 10.0. The molecule has 0 amide bonds. The topological polar surface area (TPSA) is 0 Å². The first-order valence-electron chi connectivity index (χ1n) is 13.1. The van der Waals surface area contributed by atoms with E-state index >= 15 is 0 Å². The minimum atomic E-state index is 0.772. The fourth-order valence-corrected chi connectivity index (χ4v) is 5.50. The Bertz CT molecular complexity index is 945. The van der Waals surface area contributed by atoms with E-state index < -0.39 is 0 Å². The molecule has 1 saturated carbocycles. The number of hydrogen-bond acceptors (Lipinski definition) is 0. The first-order chi connectivity index (χ1) is 16.2. The van der Waals surface area contributed by atoms with Gasteiger partial charge in [0, 0.05) is 5.02 Å². The zero-order chi connectivity index (χ0) is 22.9. The molecular weight excluding hydrogens is 420 g/mol. The van der Waals surface area contributed by atoms with Crippen LogP contribution in [0.15, 0.2) is 72.8 Å². The number of unbranched alkanes of at least 4 members (excludes halogenated alkanes) is 3. The van der Waals surface area contributed by atoms with Gasteiger partial charge in [0.05, 0.1) is 0 Å². The maximum absolute atomic E-state index is 6.01. The molecule has 0 spiro atoms. The van der Waals surface area contributed by atoms with Crippen molar-refractivity contribution in [1.82, 2.24) is 0 Å². The van der Waals surface area contributed by atoms with Gasteiger partial charge < -0.3 is 0 Å². The molecule has 0 saturated heterocycles. The summed E-state index contributed by atoms with van der Waals surface area (Å²) in [6.07, 6.45) is 14.6. The molecular formula is C32H39Cl. The second-order valence-corrected chi connectivity index (χ2v) is 10.4. The number of halogens is 1. The highest BCUT2D eigenvalue weighted by atomic mass is 35.5. The lowest BCUT2D eigenvalue weighted by Crippen LogP contribution is -2.14. The molecule has 0 aromatic heterocycles. The average Bonchev–Trinajstić information content (AvgIpc) is 2.87. The maximum atomic E-state index is 6.01. The van der Waals surface area contributed by atoms with Crippen LogP contribution in [0.1, 0.15) is 87.3 Å². The predicted molar refractivity (Wildman–Crippen MR) is 144 cm³/mol. The lowest BCUT2D eigenvalue weighted by Gasteiger charge is -2.29. The van der Waals surface area contributed by atoms with Crippen LogP contribution in [-0.2, 0) is 12.8 Å². The molecule has 0 heterocycles. The van der Waals surface area contributed by atoms with Crippen molar-refractivity contribution in [3.8, 4) is 11.1 Å². The highest BCUT2D eigenvalue weighted by Crippen LogP contribution is 2.37. The molecule has 4 rings (SSSR count).